The van der Waals surface area contributed by atoms with Crippen LogP contribution in [0.3, 0.4) is 0 Å². The van der Waals surface area contributed by atoms with Crippen LogP contribution in [-0.4, -0.2) is 46.8 Å². The van der Waals surface area contributed by atoms with E-state index in [9.17, 15) is 16.8 Å². The predicted molar refractivity (Wildman–Crippen MR) is 100 cm³/mol. The molecule has 1 aromatic heterocycles. The highest BCUT2D eigenvalue weighted by molar-refractivity contribution is 7.90. The number of primary sulfonamides is 1. The highest BCUT2D eigenvalue weighted by Gasteiger charge is 2.12. The first-order valence-corrected chi connectivity index (χ1v) is 10.6. The van der Waals surface area contributed by atoms with Crippen LogP contribution in [0.5, 0.6) is 0 Å². The van der Waals surface area contributed by atoms with Gasteiger partial charge in [0.05, 0.1) is 16.8 Å². The maximum atomic E-state index is 11.7. The summed E-state index contributed by atoms with van der Waals surface area (Å²) in [7, 11) is -4.38. The molecule has 2 rings (SSSR count). The van der Waals surface area contributed by atoms with Crippen molar-refractivity contribution in [1.29, 1.82) is 0 Å². The van der Waals surface area contributed by atoms with Gasteiger partial charge in [0, 0.05) is 20.6 Å². The van der Waals surface area contributed by atoms with Crippen molar-refractivity contribution >= 4 is 31.7 Å². The van der Waals surface area contributed by atoms with Crippen molar-refractivity contribution in [3.05, 3.63) is 48.2 Å². The van der Waals surface area contributed by atoms with E-state index in [4.69, 9.17) is 5.14 Å². The highest BCUT2D eigenvalue weighted by Crippen LogP contribution is 2.13. The van der Waals surface area contributed by atoms with Crippen molar-refractivity contribution < 1.29 is 16.8 Å². The molecule has 0 bridgehead atoms. The quantitative estimate of drug-likeness (QED) is 0.595. The first-order valence-electron chi connectivity index (χ1n) is 7.60. The van der Waals surface area contributed by atoms with Crippen molar-refractivity contribution in [1.82, 2.24) is 9.29 Å². The molecular formula is C15H21N5O4S2. The summed E-state index contributed by atoms with van der Waals surface area (Å²) < 4.78 is 49.3. The van der Waals surface area contributed by atoms with Gasteiger partial charge in [-0.3, -0.25) is 4.72 Å². The molecule has 0 saturated carbocycles. The van der Waals surface area contributed by atoms with Gasteiger partial charge in [-0.25, -0.2) is 18.5 Å². The van der Waals surface area contributed by atoms with Crippen molar-refractivity contribution in [2.45, 2.75) is 11.3 Å². The zero-order valence-corrected chi connectivity index (χ0v) is 16.0. The van der Waals surface area contributed by atoms with E-state index in [1.54, 1.807) is 24.3 Å². The van der Waals surface area contributed by atoms with Gasteiger partial charge in [0.2, 0.25) is 10.0 Å². The van der Waals surface area contributed by atoms with E-state index in [0.717, 1.165) is 9.87 Å². The Hall–Kier alpha value is -2.21. The van der Waals surface area contributed by atoms with E-state index in [1.165, 1.54) is 32.4 Å². The van der Waals surface area contributed by atoms with Crippen LogP contribution in [-0.2, 0) is 26.7 Å². The molecule has 9 nitrogen and oxygen atoms in total. The van der Waals surface area contributed by atoms with E-state index < -0.39 is 20.2 Å². The number of hydrogen-bond donors (Lipinski definition) is 3. The maximum Gasteiger partial charge on any atom is 0.301 e. The number of pyridine rings is 1. The second-order valence-electron chi connectivity index (χ2n) is 5.69. The average Bonchev–Trinajstić information content (AvgIpc) is 2.56. The molecule has 4 N–H and O–H groups in total. The van der Waals surface area contributed by atoms with Gasteiger partial charge in [0.1, 0.15) is 5.82 Å². The van der Waals surface area contributed by atoms with Crippen LogP contribution in [0.4, 0.5) is 11.5 Å². The fourth-order valence-electron chi connectivity index (χ4n) is 1.98. The summed E-state index contributed by atoms with van der Waals surface area (Å²) >= 11 is 0. The van der Waals surface area contributed by atoms with Crippen LogP contribution in [0.25, 0.3) is 0 Å². The SMILES string of the molecule is CN(C)S(=O)(=O)Nc1ccc(NCCc2ccc(S(N)(=O)=O)cc2)nc1. The summed E-state index contributed by atoms with van der Waals surface area (Å²) in [6.45, 7) is 0.574. The summed E-state index contributed by atoms with van der Waals surface area (Å²) in [4.78, 5) is 4.22. The molecule has 0 fully saturated rings. The third kappa shape index (κ3) is 5.66. The number of sulfonamides is 1. The topological polar surface area (TPSA) is 134 Å². The van der Waals surface area contributed by atoms with Crippen LogP contribution in [0.15, 0.2) is 47.5 Å². The van der Waals surface area contributed by atoms with Crippen LogP contribution in [0, 0.1) is 0 Å². The third-order valence-corrected chi connectivity index (χ3v) is 5.85. The molecule has 2 aromatic rings. The molecule has 11 heteroatoms. The maximum absolute atomic E-state index is 11.7. The number of nitrogens with two attached hydrogens (primary N) is 1. The Balaban J connectivity index is 1.88. The number of benzene rings is 1. The van der Waals surface area contributed by atoms with E-state index in [2.05, 4.69) is 15.0 Å². The van der Waals surface area contributed by atoms with E-state index in [0.29, 0.717) is 24.5 Å². The second kappa shape index (κ2) is 7.99. The smallest absolute Gasteiger partial charge is 0.301 e. The normalized spacial score (nSPS) is 12.2. The van der Waals surface area contributed by atoms with Gasteiger partial charge in [0.15, 0.2) is 0 Å². The Morgan fingerprint density at radius 1 is 1.04 bits per heavy atom. The van der Waals surface area contributed by atoms with Gasteiger partial charge in [-0.2, -0.15) is 12.7 Å². The molecular weight excluding hydrogens is 378 g/mol. The van der Waals surface area contributed by atoms with E-state index in [-0.39, 0.29) is 4.90 Å². The Kier molecular flexibility index (Phi) is 6.18. The number of anilines is 2. The van der Waals surface area contributed by atoms with Crippen LogP contribution < -0.4 is 15.2 Å². The lowest BCUT2D eigenvalue weighted by atomic mass is 10.1. The zero-order chi connectivity index (χ0) is 19.4. The Bertz CT molecular complexity index is 941. The van der Waals surface area contributed by atoms with Gasteiger partial charge in [-0.15, -0.1) is 0 Å². The number of nitrogens with one attached hydrogen (secondary N) is 2. The number of rotatable bonds is 8. The van der Waals surface area contributed by atoms with Crippen LogP contribution in [0.2, 0.25) is 0 Å². The molecule has 0 amide bonds. The molecule has 0 aliphatic heterocycles. The first-order chi connectivity index (χ1) is 12.1. The molecule has 0 radical (unpaired) electrons. The predicted octanol–water partition coefficient (Wildman–Crippen LogP) is 0.602. The Labute approximate surface area is 153 Å². The first kappa shape index (κ1) is 20.1. The van der Waals surface area contributed by atoms with Gasteiger partial charge < -0.3 is 5.32 Å². The summed E-state index contributed by atoms with van der Waals surface area (Å²) in [5, 5.41) is 8.17. The summed E-state index contributed by atoms with van der Waals surface area (Å²) in [6.07, 6.45) is 2.08. The average molecular weight is 399 g/mol. The van der Waals surface area contributed by atoms with Crippen molar-refractivity contribution in [3.63, 3.8) is 0 Å². The molecule has 1 aromatic carbocycles. The molecule has 0 spiro atoms. The van der Waals surface area contributed by atoms with Gasteiger partial charge in [0.25, 0.3) is 0 Å². The monoisotopic (exact) mass is 399 g/mol. The number of nitrogens with zero attached hydrogens (tertiary/aromatic N) is 2. The summed E-state index contributed by atoms with van der Waals surface area (Å²) in [5.41, 5.74) is 1.31. The van der Waals surface area contributed by atoms with Crippen molar-refractivity contribution in [2.24, 2.45) is 5.14 Å². The second-order valence-corrected chi connectivity index (χ2v) is 9.13. The molecule has 0 atom stereocenters. The van der Waals surface area contributed by atoms with E-state index in [1.807, 2.05) is 0 Å². The van der Waals surface area contributed by atoms with Crippen molar-refractivity contribution in [3.8, 4) is 0 Å². The lowest BCUT2D eigenvalue weighted by Gasteiger charge is -2.13. The molecule has 0 aliphatic rings. The molecule has 1 heterocycles. The largest absolute Gasteiger partial charge is 0.370 e. The molecule has 0 unspecified atom stereocenters. The lowest BCUT2D eigenvalue weighted by molar-refractivity contribution is 0.527. The summed E-state index contributed by atoms with van der Waals surface area (Å²) in [5.74, 6) is 0.596. The Morgan fingerprint density at radius 2 is 1.69 bits per heavy atom. The minimum Gasteiger partial charge on any atom is -0.370 e. The summed E-state index contributed by atoms with van der Waals surface area (Å²) in [6, 6.07) is 9.61. The lowest BCUT2D eigenvalue weighted by Crippen LogP contribution is -2.28. The number of hydrogen-bond acceptors (Lipinski definition) is 6. The molecule has 0 saturated heterocycles. The fraction of sp³-hybridized carbons (Fsp3) is 0.267. The van der Waals surface area contributed by atoms with Crippen molar-refractivity contribution in [2.75, 3.05) is 30.7 Å². The standard InChI is InChI=1S/C15H21N5O4S2/c1-20(2)26(23,24)19-13-5-8-15(18-11-13)17-10-9-12-3-6-14(7-4-12)25(16,21)22/h3-8,11,19H,9-10H2,1-2H3,(H,17,18)(H2,16,21,22). The highest BCUT2D eigenvalue weighted by atomic mass is 32.2. The van der Waals surface area contributed by atoms with E-state index >= 15 is 0 Å². The zero-order valence-electron chi connectivity index (χ0n) is 14.4. The number of aromatic nitrogens is 1. The van der Waals surface area contributed by atoms with Crippen LogP contribution in [0.1, 0.15) is 5.56 Å². The van der Waals surface area contributed by atoms with Gasteiger partial charge in [-0.05, 0) is 36.2 Å². The fourth-order valence-corrected chi connectivity index (χ4v) is 3.10. The minimum atomic E-state index is -3.68. The minimum absolute atomic E-state index is 0.0756. The molecule has 26 heavy (non-hydrogen) atoms. The Morgan fingerprint density at radius 3 is 2.19 bits per heavy atom. The molecule has 0 aliphatic carbocycles. The third-order valence-electron chi connectivity index (χ3n) is 3.46. The molecule has 142 valence electrons. The van der Waals surface area contributed by atoms with Crippen LogP contribution >= 0.6 is 0 Å². The van der Waals surface area contributed by atoms with Gasteiger partial charge in [-0.1, -0.05) is 12.1 Å². The van der Waals surface area contributed by atoms with Gasteiger partial charge >= 0.3 is 10.2 Å².